The maximum atomic E-state index is 14.3. The van der Waals surface area contributed by atoms with Crippen molar-refractivity contribution < 1.29 is 32.3 Å². The smallest absolute Gasteiger partial charge is 0.356 e. The lowest BCUT2D eigenvalue weighted by atomic mass is 9.47. The number of hydrogen-bond acceptors (Lipinski definition) is 6. The van der Waals surface area contributed by atoms with Crippen LogP contribution in [-0.4, -0.2) is 70.0 Å². The molecular weight excluding hydrogens is 547 g/mol. The van der Waals surface area contributed by atoms with Crippen molar-refractivity contribution in [3.8, 4) is 6.07 Å². The van der Waals surface area contributed by atoms with Gasteiger partial charge in [-0.3, -0.25) is 19.2 Å². The van der Waals surface area contributed by atoms with Gasteiger partial charge < -0.3 is 20.9 Å². The Morgan fingerprint density at radius 1 is 1.07 bits per heavy atom. The number of carbonyl (C=O) groups is 4. The number of thioether (sulfide) groups is 1. The molecule has 7 fully saturated rings. The average molecular weight is 582 g/mol. The van der Waals surface area contributed by atoms with Crippen LogP contribution in [0.2, 0.25) is 0 Å². The van der Waals surface area contributed by atoms with Crippen LogP contribution < -0.4 is 16.0 Å². The Kier molecular flexibility index (Phi) is 6.99. The molecule has 13 heteroatoms. The SMILES string of the molecule is N#C[C@H](C[C@@H]1CCNC1=O)NC(=O)[C@@H]1[C@H]2CC[C@H](S2)N1C(=O)[C@@H](NC(=O)C(F)(F)F)C12CC3CC(CC(C3)C1)C2. The molecule has 0 aromatic rings. The summed E-state index contributed by atoms with van der Waals surface area (Å²) in [6, 6.07) is -1.21. The van der Waals surface area contributed by atoms with Crippen molar-refractivity contribution >= 4 is 35.4 Å². The summed E-state index contributed by atoms with van der Waals surface area (Å²) in [5.41, 5.74) is -0.759. The van der Waals surface area contributed by atoms with Gasteiger partial charge in [-0.2, -0.15) is 18.4 Å². The number of fused-ring (bicyclic) bond motifs is 2. The number of hydrogen-bond donors (Lipinski definition) is 3. The predicted molar refractivity (Wildman–Crippen MR) is 137 cm³/mol. The van der Waals surface area contributed by atoms with E-state index in [9.17, 15) is 37.6 Å². The summed E-state index contributed by atoms with van der Waals surface area (Å²) in [6.07, 6.45) is 1.67. The van der Waals surface area contributed by atoms with Crippen LogP contribution in [0.4, 0.5) is 13.2 Å². The molecule has 7 aliphatic rings. The summed E-state index contributed by atoms with van der Waals surface area (Å²) < 4.78 is 40.5. The van der Waals surface area contributed by atoms with Gasteiger partial charge in [-0.05, 0) is 82.0 Å². The van der Waals surface area contributed by atoms with Crippen LogP contribution >= 0.6 is 11.8 Å². The third-order valence-electron chi connectivity index (χ3n) is 10.1. The van der Waals surface area contributed by atoms with Crippen LogP contribution in [0.3, 0.4) is 0 Å². The first-order valence-corrected chi connectivity index (χ1v) is 15.2. The molecule has 40 heavy (non-hydrogen) atoms. The summed E-state index contributed by atoms with van der Waals surface area (Å²) in [7, 11) is 0. The summed E-state index contributed by atoms with van der Waals surface area (Å²) in [6.45, 7) is 0.510. The number of nitriles is 1. The fraction of sp³-hybridized carbons (Fsp3) is 0.815. The first-order valence-electron chi connectivity index (χ1n) is 14.3. The van der Waals surface area contributed by atoms with Crippen molar-refractivity contribution in [1.82, 2.24) is 20.9 Å². The molecule has 3 N–H and O–H groups in total. The molecule has 0 aromatic carbocycles. The van der Waals surface area contributed by atoms with Gasteiger partial charge in [0.15, 0.2) is 0 Å². The van der Waals surface area contributed by atoms with E-state index in [0.717, 1.165) is 19.3 Å². The zero-order valence-electron chi connectivity index (χ0n) is 22.0. The Balaban J connectivity index is 1.26. The molecule has 7 rings (SSSR count). The van der Waals surface area contributed by atoms with Crippen LogP contribution in [0, 0.1) is 40.4 Å². The van der Waals surface area contributed by atoms with Crippen molar-refractivity contribution in [2.24, 2.45) is 29.1 Å². The lowest BCUT2D eigenvalue weighted by Gasteiger charge is -2.59. The van der Waals surface area contributed by atoms with Crippen molar-refractivity contribution in [1.29, 1.82) is 5.26 Å². The molecule has 218 valence electrons. The van der Waals surface area contributed by atoms with Crippen LogP contribution in [-0.2, 0) is 19.2 Å². The number of alkyl halides is 3. The first kappa shape index (κ1) is 27.7. The Bertz CT molecular complexity index is 1110. The fourth-order valence-electron chi connectivity index (χ4n) is 8.94. The molecule has 3 heterocycles. The van der Waals surface area contributed by atoms with Crippen molar-refractivity contribution in [3.63, 3.8) is 0 Å². The number of carbonyl (C=O) groups excluding carboxylic acids is 4. The minimum atomic E-state index is -5.14. The highest BCUT2D eigenvalue weighted by atomic mass is 32.2. The maximum absolute atomic E-state index is 14.3. The number of piperidine rings is 1. The molecule has 0 spiro atoms. The van der Waals surface area contributed by atoms with Gasteiger partial charge in [-0.25, -0.2) is 0 Å². The topological polar surface area (TPSA) is 131 Å². The Labute approximate surface area is 234 Å². The Morgan fingerprint density at radius 2 is 1.73 bits per heavy atom. The molecule has 9 nitrogen and oxygen atoms in total. The summed E-state index contributed by atoms with van der Waals surface area (Å²) in [4.78, 5) is 53.6. The van der Waals surface area contributed by atoms with E-state index >= 15 is 0 Å². The highest BCUT2D eigenvalue weighted by Gasteiger charge is 2.61. The second-order valence-corrected chi connectivity index (χ2v) is 14.2. The number of amides is 4. The first-order chi connectivity index (χ1) is 19.0. The van der Waals surface area contributed by atoms with Crippen molar-refractivity contribution in [2.75, 3.05) is 6.54 Å². The summed E-state index contributed by atoms with van der Waals surface area (Å²) >= 11 is 1.45. The van der Waals surface area contributed by atoms with Crippen LogP contribution in [0.1, 0.15) is 64.2 Å². The van der Waals surface area contributed by atoms with E-state index in [-0.39, 0.29) is 23.0 Å². The van der Waals surface area contributed by atoms with Crippen molar-refractivity contribution in [2.45, 2.75) is 99.1 Å². The normalized spacial score (nSPS) is 39.0. The van der Waals surface area contributed by atoms with Gasteiger partial charge in [0.1, 0.15) is 18.1 Å². The van der Waals surface area contributed by atoms with E-state index in [1.54, 1.807) is 0 Å². The van der Waals surface area contributed by atoms with Gasteiger partial charge in [0, 0.05) is 23.1 Å². The fourth-order valence-corrected chi connectivity index (χ4v) is 10.7. The molecule has 3 saturated heterocycles. The Hall–Kier alpha value is -2.49. The molecule has 4 aliphatic carbocycles. The minimum absolute atomic E-state index is 0.146. The number of rotatable bonds is 7. The number of nitrogens with one attached hydrogen (secondary N) is 3. The molecule has 4 amide bonds. The molecule has 4 saturated carbocycles. The summed E-state index contributed by atoms with van der Waals surface area (Å²) in [5, 5.41) is 16.6. The van der Waals surface area contributed by atoms with Gasteiger partial charge in [-0.1, -0.05) is 0 Å². The standard InChI is InChI=1S/C27H34F3N5O4S/c28-27(29,30)25(39)34-21(26-9-13-5-14(10-26)7-15(6-13)11-26)24(38)35-19-2-1-18(40-19)20(35)23(37)33-17(12-31)8-16-3-4-32-22(16)36/h13-21H,1-11H2,(H,32,36)(H,33,37)(H,34,39)/t13?,14?,15?,16-,17-,18+,19-,20-,21+,26?/m0/s1. The third-order valence-corrected chi connectivity index (χ3v) is 11.8. The second-order valence-electron chi connectivity index (χ2n) is 12.8. The largest absolute Gasteiger partial charge is 0.471 e. The third kappa shape index (κ3) is 4.84. The summed E-state index contributed by atoms with van der Waals surface area (Å²) in [5.74, 6) is -2.85. The van der Waals surface area contributed by atoms with Crippen LogP contribution in [0.25, 0.3) is 0 Å². The van der Waals surface area contributed by atoms with Crippen molar-refractivity contribution in [3.05, 3.63) is 0 Å². The van der Waals surface area contributed by atoms with Crippen LogP contribution in [0.5, 0.6) is 0 Å². The van der Waals surface area contributed by atoms with Gasteiger partial charge in [0.05, 0.1) is 11.4 Å². The number of likely N-dealkylation sites (tertiary alicyclic amines) is 1. The number of halogens is 3. The Morgan fingerprint density at radius 3 is 2.27 bits per heavy atom. The molecule has 0 unspecified atom stereocenters. The minimum Gasteiger partial charge on any atom is -0.356 e. The molecule has 6 bridgehead atoms. The van der Waals surface area contributed by atoms with E-state index in [4.69, 9.17) is 0 Å². The zero-order valence-corrected chi connectivity index (χ0v) is 22.9. The molecule has 6 atom stereocenters. The van der Waals surface area contributed by atoms with E-state index in [1.165, 1.54) is 16.7 Å². The molecule has 0 radical (unpaired) electrons. The van der Waals surface area contributed by atoms with Gasteiger partial charge in [-0.15, -0.1) is 11.8 Å². The van der Waals surface area contributed by atoms with E-state index in [0.29, 0.717) is 62.8 Å². The molecule has 3 aliphatic heterocycles. The number of nitrogens with zero attached hydrogens (tertiary/aromatic N) is 2. The molecular formula is C27H34F3N5O4S. The van der Waals surface area contributed by atoms with E-state index in [1.807, 2.05) is 6.07 Å². The lowest BCUT2D eigenvalue weighted by molar-refractivity contribution is -0.179. The second kappa shape index (κ2) is 10.1. The lowest BCUT2D eigenvalue weighted by Crippen LogP contribution is -2.66. The van der Waals surface area contributed by atoms with Gasteiger partial charge in [0.2, 0.25) is 17.7 Å². The quantitative estimate of drug-likeness (QED) is 0.423. The highest BCUT2D eigenvalue weighted by molar-refractivity contribution is 8.01. The molecule has 0 aromatic heterocycles. The monoisotopic (exact) mass is 581 g/mol. The van der Waals surface area contributed by atoms with E-state index in [2.05, 4.69) is 16.0 Å². The van der Waals surface area contributed by atoms with E-state index < -0.39 is 53.4 Å². The zero-order chi connectivity index (χ0) is 28.4. The average Bonchev–Trinajstić information content (AvgIpc) is 3.61. The maximum Gasteiger partial charge on any atom is 0.471 e. The predicted octanol–water partition coefficient (Wildman–Crippen LogP) is 2.22. The van der Waals surface area contributed by atoms with Crippen LogP contribution in [0.15, 0.2) is 0 Å². The van der Waals surface area contributed by atoms with Gasteiger partial charge in [0.25, 0.3) is 0 Å². The van der Waals surface area contributed by atoms with Gasteiger partial charge >= 0.3 is 12.1 Å². The highest BCUT2D eigenvalue weighted by Crippen LogP contribution is 2.62.